The second-order valence-electron chi connectivity index (χ2n) is 4.84. The van der Waals surface area contributed by atoms with Gasteiger partial charge in [-0.1, -0.05) is 13.8 Å². The topological polar surface area (TPSA) is 104 Å². The van der Waals surface area contributed by atoms with Crippen LogP contribution in [0.1, 0.15) is 19.4 Å². The van der Waals surface area contributed by atoms with Crippen LogP contribution in [0.4, 0.5) is 0 Å². The van der Waals surface area contributed by atoms with Gasteiger partial charge < -0.3 is 16.0 Å². The van der Waals surface area contributed by atoms with E-state index in [2.05, 4.69) is 15.5 Å². The number of rotatable bonds is 6. The van der Waals surface area contributed by atoms with Gasteiger partial charge in [0.05, 0.1) is 18.8 Å². The largest absolute Gasteiger partial charge is 0.346 e. The molecule has 0 fully saturated rings. The van der Waals surface area contributed by atoms with Crippen LogP contribution < -0.4 is 11.1 Å². The Morgan fingerprint density at radius 3 is 2.74 bits per heavy atom. The fraction of sp³-hybridized carbons (Fsp3) is 0.583. The van der Waals surface area contributed by atoms with E-state index in [0.29, 0.717) is 6.54 Å². The lowest BCUT2D eigenvalue weighted by Gasteiger charge is -2.18. The molecule has 7 nitrogen and oxygen atoms in total. The zero-order valence-corrected chi connectivity index (χ0v) is 11.5. The first-order valence-electron chi connectivity index (χ1n) is 6.16. The van der Waals surface area contributed by atoms with Crippen molar-refractivity contribution in [1.82, 2.24) is 20.4 Å². The summed E-state index contributed by atoms with van der Waals surface area (Å²) in [5, 5.41) is 9.03. The van der Waals surface area contributed by atoms with E-state index in [0.717, 1.165) is 5.56 Å². The Morgan fingerprint density at radius 1 is 1.53 bits per heavy atom. The molecule has 1 rings (SSSR count). The number of H-pyrrole nitrogens is 1. The Morgan fingerprint density at radius 2 is 2.21 bits per heavy atom. The lowest BCUT2D eigenvalue weighted by atomic mass is 10.1. The molecule has 0 aliphatic carbocycles. The number of nitrogens with two attached hydrogens (primary N) is 1. The van der Waals surface area contributed by atoms with E-state index in [1.807, 2.05) is 13.8 Å². The number of nitrogens with one attached hydrogen (secondary N) is 2. The van der Waals surface area contributed by atoms with E-state index in [9.17, 15) is 9.59 Å². The molecule has 1 atom stereocenters. The van der Waals surface area contributed by atoms with Crippen molar-refractivity contribution < 1.29 is 9.59 Å². The molecule has 4 N–H and O–H groups in total. The highest BCUT2D eigenvalue weighted by Gasteiger charge is 2.18. The van der Waals surface area contributed by atoms with Gasteiger partial charge in [-0.15, -0.1) is 0 Å². The Labute approximate surface area is 112 Å². The van der Waals surface area contributed by atoms with Crippen LogP contribution in [-0.2, 0) is 16.1 Å². The van der Waals surface area contributed by atoms with Gasteiger partial charge in [0.2, 0.25) is 11.8 Å². The van der Waals surface area contributed by atoms with Crippen molar-refractivity contribution in [2.24, 2.45) is 11.7 Å². The highest BCUT2D eigenvalue weighted by atomic mass is 16.2. The van der Waals surface area contributed by atoms with Crippen LogP contribution in [0, 0.1) is 5.92 Å². The average Bonchev–Trinajstić information content (AvgIpc) is 2.86. The molecule has 0 aromatic carbocycles. The van der Waals surface area contributed by atoms with Crippen LogP contribution in [0.25, 0.3) is 0 Å². The predicted molar refractivity (Wildman–Crippen MR) is 70.9 cm³/mol. The molecule has 19 heavy (non-hydrogen) atoms. The normalized spacial score (nSPS) is 12.3. The number of aromatic nitrogens is 2. The molecule has 7 heteroatoms. The third-order valence-corrected chi connectivity index (χ3v) is 2.84. The number of aromatic amines is 1. The fourth-order valence-corrected chi connectivity index (χ4v) is 1.44. The van der Waals surface area contributed by atoms with Crippen molar-refractivity contribution >= 4 is 11.8 Å². The van der Waals surface area contributed by atoms with Crippen molar-refractivity contribution in [1.29, 1.82) is 0 Å². The molecule has 1 aromatic heterocycles. The average molecular weight is 267 g/mol. The van der Waals surface area contributed by atoms with Crippen molar-refractivity contribution in [2.75, 3.05) is 13.6 Å². The van der Waals surface area contributed by atoms with Crippen LogP contribution >= 0.6 is 0 Å². The van der Waals surface area contributed by atoms with Crippen LogP contribution in [0.5, 0.6) is 0 Å². The second kappa shape index (κ2) is 6.89. The highest BCUT2D eigenvalue weighted by Crippen LogP contribution is 2.00. The molecule has 1 aromatic rings. The van der Waals surface area contributed by atoms with E-state index in [1.54, 1.807) is 19.4 Å². The Balaban J connectivity index is 2.36. The van der Waals surface area contributed by atoms with Gasteiger partial charge in [-0.05, 0) is 5.92 Å². The predicted octanol–water partition coefficient (Wildman–Crippen LogP) is -0.532. The summed E-state index contributed by atoms with van der Waals surface area (Å²) in [7, 11) is 1.67. The van der Waals surface area contributed by atoms with Gasteiger partial charge >= 0.3 is 0 Å². The van der Waals surface area contributed by atoms with Gasteiger partial charge in [-0.2, -0.15) is 5.10 Å². The second-order valence-corrected chi connectivity index (χ2v) is 4.84. The Kier molecular flexibility index (Phi) is 5.50. The molecule has 2 amide bonds. The summed E-state index contributed by atoms with van der Waals surface area (Å²) in [4.78, 5) is 24.9. The Hall–Kier alpha value is -1.89. The maximum Gasteiger partial charge on any atom is 0.242 e. The van der Waals surface area contributed by atoms with Gasteiger partial charge in [-0.3, -0.25) is 14.7 Å². The zero-order valence-electron chi connectivity index (χ0n) is 11.5. The van der Waals surface area contributed by atoms with Crippen LogP contribution in [0.3, 0.4) is 0 Å². The summed E-state index contributed by atoms with van der Waals surface area (Å²) in [6.45, 7) is 4.11. The zero-order chi connectivity index (χ0) is 14.4. The SMILES string of the molecule is CC(C)[C@H](N)C(=O)NCC(=O)N(C)Cc1cn[nH]c1. The number of nitrogens with zero attached hydrogens (tertiary/aromatic N) is 2. The summed E-state index contributed by atoms with van der Waals surface area (Å²) < 4.78 is 0. The number of carbonyl (C=O) groups is 2. The minimum Gasteiger partial charge on any atom is -0.346 e. The molecule has 0 radical (unpaired) electrons. The van der Waals surface area contributed by atoms with Crippen molar-refractivity contribution in [2.45, 2.75) is 26.4 Å². The number of hydrogen-bond acceptors (Lipinski definition) is 4. The third-order valence-electron chi connectivity index (χ3n) is 2.84. The number of hydrogen-bond donors (Lipinski definition) is 3. The maximum atomic E-state index is 11.8. The summed E-state index contributed by atoms with van der Waals surface area (Å²) >= 11 is 0. The molecule has 0 aliphatic rings. The summed E-state index contributed by atoms with van der Waals surface area (Å²) in [5.74, 6) is -0.440. The van der Waals surface area contributed by atoms with Crippen molar-refractivity contribution in [3.63, 3.8) is 0 Å². The number of amides is 2. The molecule has 0 spiro atoms. The molecule has 1 heterocycles. The van der Waals surface area contributed by atoms with E-state index >= 15 is 0 Å². The van der Waals surface area contributed by atoms with E-state index < -0.39 is 6.04 Å². The third kappa shape index (κ3) is 4.70. The molecule has 0 saturated carbocycles. The van der Waals surface area contributed by atoms with Gasteiger partial charge in [-0.25, -0.2) is 0 Å². The standard InChI is InChI=1S/C12H21N5O2/c1-8(2)11(13)12(19)14-6-10(18)17(3)7-9-4-15-16-5-9/h4-5,8,11H,6-7,13H2,1-3H3,(H,14,19)(H,15,16)/t11-/m0/s1. The quantitative estimate of drug-likeness (QED) is 0.644. The maximum absolute atomic E-state index is 11.8. The lowest BCUT2D eigenvalue weighted by molar-refractivity contribution is -0.132. The monoisotopic (exact) mass is 267 g/mol. The van der Waals surface area contributed by atoms with Crippen molar-refractivity contribution in [3.8, 4) is 0 Å². The van der Waals surface area contributed by atoms with Crippen LogP contribution in [0.2, 0.25) is 0 Å². The van der Waals surface area contributed by atoms with E-state index in [1.165, 1.54) is 4.90 Å². The summed E-state index contributed by atoms with van der Waals surface area (Å²) in [6, 6.07) is -0.591. The molecule has 0 saturated heterocycles. The Bertz CT molecular complexity index is 416. The van der Waals surface area contributed by atoms with Gasteiger partial charge in [0.15, 0.2) is 0 Å². The minimum absolute atomic E-state index is 0.0405. The number of carbonyl (C=O) groups excluding carboxylic acids is 2. The molecular weight excluding hydrogens is 246 g/mol. The molecule has 0 unspecified atom stereocenters. The first kappa shape index (κ1) is 15.2. The van der Waals surface area contributed by atoms with E-state index in [4.69, 9.17) is 5.73 Å². The fourth-order valence-electron chi connectivity index (χ4n) is 1.44. The molecule has 106 valence electrons. The number of likely N-dealkylation sites (N-methyl/N-ethyl adjacent to an activating group) is 1. The van der Waals surface area contributed by atoms with Crippen LogP contribution in [-0.4, -0.2) is 46.5 Å². The molecule has 0 bridgehead atoms. The smallest absolute Gasteiger partial charge is 0.242 e. The first-order valence-corrected chi connectivity index (χ1v) is 6.16. The lowest BCUT2D eigenvalue weighted by Crippen LogP contribution is -2.47. The van der Waals surface area contributed by atoms with Crippen molar-refractivity contribution in [3.05, 3.63) is 18.0 Å². The first-order chi connectivity index (χ1) is 8.91. The molecular formula is C12H21N5O2. The summed E-state index contributed by atoms with van der Waals surface area (Å²) in [6.07, 6.45) is 3.37. The van der Waals surface area contributed by atoms with Gasteiger partial charge in [0.1, 0.15) is 0 Å². The van der Waals surface area contributed by atoms with Gasteiger partial charge in [0, 0.05) is 25.4 Å². The van der Waals surface area contributed by atoms with Gasteiger partial charge in [0.25, 0.3) is 0 Å². The van der Waals surface area contributed by atoms with Crippen LogP contribution in [0.15, 0.2) is 12.4 Å². The molecule has 0 aliphatic heterocycles. The minimum atomic E-state index is -0.591. The van der Waals surface area contributed by atoms with E-state index in [-0.39, 0.29) is 24.3 Å². The highest BCUT2D eigenvalue weighted by molar-refractivity contribution is 5.87. The summed E-state index contributed by atoms with van der Waals surface area (Å²) in [5.41, 5.74) is 6.59.